The molecule has 2 rings (SSSR count). The molecule has 1 aliphatic rings. The molecule has 0 aliphatic carbocycles. The van der Waals surface area contributed by atoms with E-state index in [2.05, 4.69) is 20.4 Å². The maximum absolute atomic E-state index is 11.0. The van der Waals surface area contributed by atoms with E-state index < -0.39 is 6.09 Å². The topological polar surface area (TPSA) is 62.7 Å². The molecule has 2 N–H and O–H groups in total. The molecule has 5 nitrogen and oxygen atoms in total. The number of amides is 1. The Morgan fingerprint density at radius 2 is 2.33 bits per heavy atom. The highest BCUT2D eigenvalue weighted by molar-refractivity contribution is 6.42. The Bertz CT molecular complexity index is 505. The van der Waals surface area contributed by atoms with E-state index in [1.165, 1.54) is 7.11 Å². The van der Waals surface area contributed by atoms with Crippen molar-refractivity contribution in [2.75, 3.05) is 13.7 Å². The molecule has 1 amide bonds. The van der Waals surface area contributed by atoms with Gasteiger partial charge in [-0.2, -0.15) is 0 Å². The zero-order valence-corrected chi connectivity index (χ0v) is 11.0. The lowest BCUT2D eigenvalue weighted by Gasteiger charge is -2.09. The summed E-state index contributed by atoms with van der Waals surface area (Å²) in [6.07, 6.45) is -0.570. The van der Waals surface area contributed by atoms with Crippen LogP contribution in [0, 0.1) is 0 Å². The maximum atomic E-state index is 11.0. The Kier molecular flexibility index (Phi) is 3.93. The molecule has 1 aromatic rings. The summed E-state index contributed by atoms with van der Waals surface area (Å²) in [5, 5.41) is 6.38. The van der Waals surface area contributed by atoms with Gasteiger partial charge in [-0.25, -0.2) is 9.79 Å². The summed E-state index contributed by atoms with van der Waals surface area (Å²) in [6, 6.07) is 5.20. The van der Waals surface area contributed by atoms with E-state index in [0.29, 0.717) is 22.5 Å². The number of methoxy groups -OCH3 is 1. The van der Waals surface area contributed by atoms with Crippen LogP contribution in [-0.2, 0) is 4.74 Å². The van der Waals surface area contributed by atoms with Crippen molar-refractivity contribution in [1.82, 2.24) is 10.6 Å². The Hall–Kier alpha value is -1.46. The number of hydrogen-bond donors (Lipinski definition) is 2. The van der Waals surface area contributed by atoms with E-state index in [-0.39, 0.29) is 6.04 Å². The SMILES string of the molecule is COC(=O)NC1=NC(c2cccc(Cl)c2Cl)CN1. The molecule has 18 heavy (non-hydrogen) atoms. The van der Waals surface area contributed by atoms with Gasteiger partial charge in [0.05, 0.1) is 23.2 Å². The first-order valence-corrected chi connectivity index (χ1v) is 5.98. The largest absolute Gasteiger partial charge is 0.453 e. The molecule has 0 fully saturated rings. The number of nitrogens with zero attached hydrogens (tertiary/aromatic N) is 1. The smallest absolute Gasteiger partial charge is 0.413 e. The number of alkyl carbamates (subject to hydrolysis) is 1. The van der Waals surface area contributed by atoms with Gasteiger partial charge in [-0.3, -0.25) is 5.32 Å². The summed E-state index contributed by atoms with van der Waals surface area (Å²) in [5.41, 5.74) is 0.818. The predicted molar refractivity (Wildman–Crippen MR) is 70.2 cm³/mol. The molecule has 1 atom stereocenters. The molecule has 1 aliphatic heterocycles. The monoisotopic (exact) mass is 287 g/mol. The molecule has 7 heteroatoms. The Morgan fingerprint density at radius 1 is 1.56 bits per heavy atom. The van der Waals surface area contributed by atoms with Crippen LogP contribution in [0.25, 0.3) is 0 Å². The molecule has 0 spiro atoms. The maximum Gasteiger partial charge on any atom is 0.413 e. The highest BCUT2D eigenvalue weighted by Gasteiger charge is 2.22. The number of benzene rings is 1. The van der Waals surface area contributed by atoms with Gasteiger partial charge < -0.3 is 10.1 Å². The molecular formula is C11H11Cl2N3O2. The summed E-state index contributed by atoms with van der Waals surface area (Å²) in [4.78, 5) is 15.3. The number of guanidine groups is 1. The highest BCUT2D eigenvalue weighted by atomic mass is 35.5. The number of rotatable bonds is 1. The summed E-state index contributed by atoms with van der Waals surface area (Å²) < 4.78 is 4.48. The van der Waals surface area contributed by atoms with Gasteiger partial charge in [0.15, 0.2) is 0 Å². The van der Waals surface area contributed by atoms with Crippen molar-refractivity contribution in [3.05, 3.63) is 33.8 Å². The molecule has 0 radical (unpaired) electrons. The van der Waals surface area contributed by atoms with Crippen molar-refractivity contribution in [1.29, 1.82) is 0 Å². The van der Waals surface area contributed by atoms with Crippen molar-refractivity contribution in [2.45, 2.75) is 6.04 Å². The van der Waals surface area contributed by atoms with Gasteiger partial charge >= 0.3 is 6.09 Å². The average Bonchev–Trinajstić information content (AvgIpc) is 2.80. The van der Waals surface area contributed by atoms with Crippen molar-refractivity contribution >= 4 is 35.3 Å². The molecule has 1 heterocycles. The third-order valence-corrected chi connectivity index (χ3v) is 3.33. The van der Waals surface area contributed by atoms with Crippen molar-refractivity contribution < 1.29 is 9.53 Å². The van der Waals surface area contributed by atoms with Gasteiger partial charge in [0.2, 0.25) is 5.96 Å². The average molecular weight is 288 g/mol. The molecule has 0 bridgehead atoms. The Labute approximate surface area is 114 Å². The van der Waals surface area contributed by atoms with Gasteiger partial charge in [-0.05, 0) is 11.6 Å². The molecule has 1 unspecified atom stereocenters. The molecule has 96 valence electrons. The fraction of sp³-hybridized carbons (Fsp3) is 0.273. The number of halogens is 2. The van der Waals surface area contributed by atoms with Crippen LogP contribution in [0.2, 0.25) is 10.0 Å². The summed E-state index contributed by atoms with van der Waals surface area (Å²) in [5.74, 6) is 0.364. The van der Waals surface area contributed by atoms with E-state index >= 15 is 0 Å². The third-order valence-electron chi connectivity index (χ3n) is 2.49. The van der Waals surface area contributed by atoms with E-state index in [4.69, 9.17) is 23.2 Å². The van der Waals surface area contributed by atoms with Gasteiger partial charge in [0, 0.05) is 6.54 Å². The van der Waals surface area contributed by atoms with Crippen LogP contribution in [-0.4, -0.2) is 25.7 Å². The number of carbonyl (C=O) groups excluding carboxylic acids is 1. The highest BCUT2D eigenvalue weighted by Crippen LogP contribution is 2.32. The molecular weight excluding hydrogens is 277 g/mol. The second kappa shape index (κ2) is 5.46. The number of carbonyl (C=O) groups is 1. The van der Waals surface area contributed by atoms with Crippen LogP contribution in [0.5, 0.6) is 0 Å². The zero-order chi connectivity index (χ0) is 13.1. The van der Waals surface area contributed by atoms with E-state index in [0.717, 1.165) is 5.56 Å². The normalized spacial score (nSPS) is 17.9. The molecule has 0 saturated carbocycles. The van der Waals surface area contributed by atoms with E-state index in [9.17, 15) is 4.79 Å². The standard InChI is InChI=1S/C11H11Cl2N3O2/c1-18-11(17)16-10-14-5-8(15-10)6-3-2-4-7(12)9(6)13/h2-4,8H,5H2,1H3,(H2,14,15,16,17). The van der Waals surface area contributed by atoms with E-state index in [1.54, 1.807) is 6.07 Å². The first-order valence-electron chi connectivity index (χ1n) is 5.22. The minimum atomic E-state index is -0.570. The molecule has 1 aromatic carbocycles. The number of ether oxygens (including phenoxy) is 1. The second-order valence-corrected chi connectivity index (χ2v) is 4.42. The minimum Gasteiger partial charge on any atom is -0.453 e. The van der Waals surface area contributed by atoms with Crippen molar-refractivity contribution in [3.8, 4) is 0 Å². The number of nitrogens with one attached hydrogen (secondary N) is 2. The lowest BCUT2D eigenvalue weighted by Crippen LogP contribution is -2.37. The minimum absolute atomic E-state index is 0.177. The van der Waals surface area contributed by atoms with Gasteiger partial charge in [0.25, 0.3) is 0 Å². The summed E-state index contributed by atoms with van der Waals surface area (Å²) in [7, 11) is 1.29. The summed E-state index contributed by atoms with van der Waals surface area (Å²) >= 11 is 12.1. The number of aliphatic imine (C=N–C) groups is 1. The summed E-state index contributed by atoms with van der Waals surface area (Å²) in [6.45, 7) is 0.541. The van der Waals surface area contributed by atoms with Gasteiger partial charge in [0.1, 0.15) is 0 Å². The van der Waals surface area contributed by atoms with Crippen LogP contribution in [0.1, 0.15) is 11.6 Å². The van der Waals surface area contributed by atoms with Crippen molar-refractivity contribution in [3.63, 3.8) is 0 Å². The van der Waals surface area contributed by atoms with Crippen LogP contribution in [0.4, 0.5) is 4.79 Å². The quantitative estimate of drug-likeness (QED) is 0.833. The molecule has 0 saturated heterocycles. The van der Waals surface area contributed by atoms with Gasteiger partial charge in [-0.1, -0.05) is 35.3 Å². The lowest BCUT2D eigenvalue weighted by atomic mass is 10.1. The second-order valence-electron chi connectivity index (χ2n) is 3.63. The first kappa shape index (κ1) is 13.0. The zero-order valence-electron chi connectivity index (χ0n) is 9.54. The Morgan fingerprint density at radius 3 is 3.06 bits per heavy atom. The van der Waals surface area contributed by atoms with Crippen LogP contribution >= 0.6 is 23.2 Å². The van der Waals surface area contributed by atoms with Gasteiger partial charge in [-0.15, -0.1) is 0 Å². The molecule has 0 aromatic heterocycles. The fourth-order valence-corrected chi connectivity index (χ4v) is 2.06. The van der Waals surface area contributed by atoms with Crippen LogP contribution in [0.3, 0.4) is 0 Å². The van der Waals surface area contributed by atoms with Crippen molar-refractivity contribution in [2.24, 2.45) is 4.99 Å². The van der Waals surface area contributed by atoms with Crippen LogP contribution < -0.4 is 10.6 Å². The first-order chi connectivity index (χ1) is 8.61. The third kappa shape index (κ3) is 2.68. The Balaban J connectivity index is 2.16. The number of hydrogen-bond acceptors (Lipinski definition) is 4. The predicted octanol–water partition coefficient (Wildman–Crippen LogP) is 2.35. The lowest BCUT2D eigenvalue weighted by molar-refractivity contribution is 0.176. The van der Waals surface area contributed by atoms with Crippen LogP contribution in [0.15, 0.2) is 23.2 Å². The van der Waals surface area contributed by atoms with E-state index in [1.807, 2.05) is 12.1 Å². The fourth-order valence-electron chi connectivity index (χ4n) is 1.62.